The van der Waals surface area contributed by atoms with Crippen LogP contribution in [-0.2, 0) is 84.5 Å². The third-order valence-electron chi connectivity index (χ3n) is 5.00. The molecule has 2 heterocycles. The molecule has 6 nitrogen and oxygen atoms in total. The van der Waals surface area contributed by atoms with Gasteiger partial charge < -0.3 is 20.1 Å². The van der Waals surface area contributed by atoms with Gasteiger partial charge in [0.15, 0.2) is 0 Å². The first kappa shape index (κ1) is 30.1. The molecule has 2 fully saturated rings. The topological polar surface area (TPSA) is 80.8 Å². The zero-order valence-corrected chi connectivity index (χ0v) is 25.0. The Hall–Kier alpha value is 1.07. The number of esters is 2. The average Bonchev–Trinajstić information content (AvgIpc) is 2.28. The fourth-order valence-electron chi connectivity index (χ4n) is 4.93. The summed E-state index contributed by atoms with van der Waals surface area (Å²) in [6.07, 6.45) is 1.89. The molecule has 0 aromatic carbocycles. The van der Waals surface area contributed by atoms with Crippen molar-refractivity contribution >= 4 is 11.9 Å². The van der Waals surface area contributed by atoms with E-state index in [-0.39, 0.29) is 106 Å². The smallest absolute Gasteiger partial charge is 0.317 e. The molecule has 0 aliphatic carbocycles. The van der Waals surface area contributed by atoms with Crippen LogP contribution in [-0.4, -0.2) is 46.3 Å². The molecular weight excluding hydrogens is 522 g/mol. The van der Waals surface area contributed by atoms with Crippen molar-refractivity contribution in [3.8, 4) is 0 Å². The summed E-state index contributed by atoms with van der Waals surface area (Å²) in [6, 6.07) is 0. The van der Waals surface area contributed by atoms with Crippen LogP contribution in [0.15, 0.2) is 0 Å². The second-order valence-corrected chi connectivity index (χ2v) is 10.7. The minimum atomic E-state index is -0.516. The van der Waals surface area contributed by atoms with Gasteiger partial charge in [-0.05, 0) is 25.7 Å². The number of hydrogen-bond donors (Lipinski definition) is 0. The molecule has 0 N–H and O–H groups in total. The Bertz CT molecular complexity index is 509. The van der Waals surface area contributed by atoms with Gasteiger partial charge in [0.2, 0.25) is 0 Å². The fourth-order valence-corrected chi connectivity index (χ4v) is 4.93. The zero-order valence-electron chi connectivity index (χ0n) is 19.4. The molecule has 2 radical (unpaired) electrons. The van der Waals surface area contributed by atoms with Crippen LogP contribution in [0.25, 0.3) is 10.6 Å². The van der Waals surface area contributed by atoms with Crippen molar-refractivity contribution in [1.82, 2.24) is 0 Å². The molecule has 0 unspecified atom stereocenters. The fraction of sp³-hybridized carbons (Fsp3) is 0.905. The van der Waals surface area contributed by atoms with E-state index in [1.165, 1.54) is 0 Å². The molecular formula is C21H36N2O4Y2-2. The maximum Gasteiger partial charge on any atom is 0.317 e. The Morgan fingerprint density at radius 2 is 0.897 bits per heavy atom. The SMILES string of the molecule is CC1(C)CC(OC(=O)CC(=O)OC2CC(C)(C)[N-]C(C)(C)C2)CC(C)(C)[N-]1.[Y].[Y]. The van der Waals surface area contributed by atoms with Gasteiger partial charge in [-0.25, -0.2) is 0 Å². The third kappa shape index (κ3) is 10.5. The summed E-state index contributed by atoms with van der Waals surface area (Å²) in [7, 11) is 0. The Balaban J connectivity index is 0.00000392. The molecule has 2 aliphatic rings. The van der Waals surface area contributed by atoms with Gasteiger partial charge in [0.1, 0.15) is 6.42 Å². The quantitative estimate of drug-likeness (QED) is 0.372. The zero-order chi connectivity index (χ0) is 20.7. The van der Waals surface area contributed by atoms with Gasteiger partial charge in [0.05, 0.1) is 12.2 Å². The average molecular weight is 558 g/mol. The number of rotatable bonds is 4. The molecule has 0 saturated carbocycles. The second-order valence-electron chi connectivity index (χ2n) is 10.7. The summed E-state index contributed by atoms with van der Waals surface area (Å²) >= 11 is 0. The Morgan fingerprint density at radius 3 is 1.14 bits per heavy atom. The predicted octanol–water partition coefficient (Wildman–Crippen LogP) is 4.64. The van der Waals surface area contributed by atoms with E-state index in [4.69, 9.17) is 20.1 Å². The Labute approximate surface area is 226 Å². The van der Waals surface area contributed by atoms with Crippen molar-refractivity contribution in [2.24, 2.45) is 0 Å². The minimum absolute atomic E-state index is 0. The van der Waals surface area contributed by atoms with Crippen LogP contribution in [0.4, 0.5) is 0 Å². The van der Waals surface area contributed by atoms with Crippen LogP contribution in [0, 0.1) is 0 Å². The summed E-state index contributed by atoms with van der Waals surface area (Å²) in [5.74, 6) is -1.03. The molecule has 2 aliphatic heterocycles. The maximum atomic E-state index is 12.3. The number of carbonyl (C=O) groups excluding carboxylic acids is 2. The molecule has 8 heteroatoms. The molecule has 2 rings (SSSR count). The molecule has 0 amide bonds. The van der Waals surface area contributed by atoms with E-state index in [1.807, 2.05) is 55.4 Å². The van der Waals surface area contributed by atoms with Crippen molar-refractivity contribution in [2.75, 3.05) is 0 Å². The first-order valence-electron chi connectivity index (χ1n) is 9.94. The summed E-state index contributed by atoms with van der Waals surface area (Å²) in [5.41, 5.74) is -0.960. The van der Waals surface area contributed by atoms with Gasteiger partial charge in [-0.2, -0.15) is 0 Å². The molecule has 29 heavy (non-hydrogen) atoms. The van der Waals surface area contributed by atoms with Gasteiger partial charge in [0.25, 0.3) is 0 Å². The summed E-state index contributed by atoms with van der Waals surface area (Å²) in [4.78, 5) is 24.5. The van der Waals surface area contributed by atoms with E-state index in [0.29, 0.717) is 25.7 Å². The molecule has 0 bridgehead atoms. The van der Waals surface area contributed by atoms with Crippen LogP contribution in [0.3, 0.4) is 0 Å². The van der Waals surface area contributed by atoms with Crippen LogP contribution < -0.4 is 0 Å². The molecule has 0 aromatic rings. The normalized spacial score (nSPS) is 25.1. The van der Waals surface area contributed by atoms with Crippen molar-refractivity contribution < 1.29 is 84.5 Å². The van der Waals surface area contributed by atoms with Gasteiger partial charge in [-0.3, -0.25) is 9.59 Å². The summed E-state index contributed by atoms with van der Waals surface area (Å²) < 4.78 is 11.2. The van der Waals surface area contributed by atoms with Crippen LogP contribution >= 0.6 is 0 Å². The minimum Gasteiger partial charge on any atom is -0.652 e. The molecule has 162 valence electrons. The van der Waals surface area contributed by atoms with E-state index in [9.17, 15) is 9.59 Å². The second kappa shape index (κ2) is 10.8. The maximum absolute atomic E-state index is 12.3. The van der Waals surface area contributed by atoms with E-state index < -0.39 is 11.9 Å². The van der Waals surface area contributed by atoms with E-state index in [0.717, 1.165) is 0 Å². The van der Waals surface area contributed by atoms with Gasteiger partial charge in [-0.1, -0.05) is 55.4 Å². The summed E-state index contributed by atoms with van der Waals surface area (Å²) in [6.45, 7) is 16.3. The van der Waals surface area contributed by atoms with Gasteiger partial charge >= 0.3 is 11.9 Å². The van der Waals surface area contributed by atoms with E-state index >= 15 is 0 Å². The molecule has 2 saturated heterocycles. The third-order valence-corrected chi connectivity index (χ3v) is 5.00. The van der Waals surface area contributed by atoms with Crippen molar-refractivity contribution in [3.05, 3.63) is 10.6 Å². The van der Waals surface area contributed by atoms with Crippen molar-refractivity contribution in [1.29, 1.82) is 0 Å². The monoisotopic (exact) mass is 558 g/mol. The van der Waals surface area contributed by atoms with E-state index in [1.54, 1.807) is 0 Å². The largest absolute Gasteiger partial charge is 0.652 e. The van der Waals surface area contributed by atoms with Crippen LogP contribution in [0.2, 0.25) is 0 Å². The van der Waals surface area contributed by atoms with Crippen molar-refractivity contribution in [3.63, 3.8) is 0 Å². The number of hydrogen-bond acceptors (Lipinski definition) is 4. The van der Waals surface area contributed by atoms with Crippen molar-refractivity contribution in [2.45, 2.75) is 122 Å². The van der Waals surface area contributed by atoms with Crippen LogP contribution in [0.5, 0.6) is 0 Å². The van der Waals surface area contributed by atoms with Gasteiger partial charge in [0, 0.05) is 65.4 Å². The van der Waals surface area contributed by atoms with Crippen LogP contribution in [0.1, 0.15) is 87.5 Å². The van der Waals surface area contributed by atoms with Gasteiger partial charge in [-0.15, -0.1) is 22.2 Å². The number of ether oxygens (including phenoxy) is 2. The Kier molecular flexibility index (Phi) is 11.2. The molecule has 0 spiro atoms. The predicted molar refractivity (Wildman–Crippen MR) is 106 cm³/mol. The standard InChI is InChI=1S/C21H36N2O4.2Y/c1-18(2)10-14(11-19(3,4)22-18)26-16(24)9-17(25)27-15-12-20(5,6)23-21(7,8)13-15;;/h14-15H,9-13H2,1-8H3;;/q-2;;. The Morgan fingerprint density at radius 1 is 0.655 bits per heavy atom. The first-order chi connectivity index (χ1) is 12.1. The molecule has 0 atom stereocenters. The number of piperidine rings is 2. The number of carbonyl (C=O) groups is 2. The summed E-state index contributed by atoms with van der Waals surface area (Å²) in [5, 5.41) is 9.56. The molecule has 0 aromatic heterocycles. The number of nitrogens with zero attached hydrogens (tertiary/aromatic N) is 2. The first-order valence-corrected chi connectivity index (χ1v) is 9.94. The van der Waals surface area contributed by atoms with E-state index in [2.05, 4.69) is 0 Å².